The standard InChI is InChI=1S/C47H33N3/c1-5-16-30(17-6-1)40-34-24-13-14-25-35(34)41(31-18-7-2-8-19-31)44-39-29-28-37(36-26-15-27-38(42(36)39)43(40)44)47-49-45(32-20-9-3-10-21-32)48-46(50-47)33-22-11-4-12-23-33/h1-29,45,47,49H,(H,48,50). The van der Waals surface area contributed by atoms with E-state index in [2.05, 4.69) is 187 Å². The Labute approximate surface area is 291 Å². The molecule has 0 fully saturated rings. The minimum atomic E-state index is -0.258. The second-order valence-electron chi connectivity index (χ2n) is 13.1. The molecule has 2 atom stereocenters. The fourth-order valence-corrected chi connectivity index (χ4v) is 8.15. The van der Waals surface area contributed by atoms with Crippen molar-refractivity contribution in [3.05, 3.63) is 193 Å². The highest BCUT2D eigenvalue weighted by molar-refractivity contribution is 6.27. The lowest BCUT2D eigenvalue weighted by Crippen LogP contribution is -2.45. The Bertz CT molecular complexity index is 2480. The van der Waals surface area contributed by atoms with Gasteiger partial charge in [-0.05, 0) is 77.2 Å². The van der Waals surface area contributed by atoms with Gasteiger partial charge in [-0.25, -0.2) is 4.99 Å². The molecule has 0 bridgehead atoms. The summed E-state index contributed by atoms with van der Waals surface area (Å²) in [6, 6.07) is 63.3. The SMILES string of the molecule is c1ccc(C2=NC(c3ccc4c5c(cccc35)-c3c-4c(-c4ccccc4)c4ccccc4c3-c3ccccc3)NC(c3ccccc3)N2)cc1. The molecule has 1 aliphatic heterocycles. The van der Waals surface area contributed by atoms with E-state index in [1.165, 1.54) is 77.2 Å². The first-order chi connectivity index (χ1) is 24.8. The summed E-state index contributed by atoms with van der Waals surface area (Å²) in [4.78, 5) is 5.35. The number of rotatable bonds is 5. The molecule has 0 radical (unpaired) electrons. The Morgan fingerprint density at radius 1 is 0.400 bits per heavy atom. The quantitative estimate of drug-likeness (QED) is 0.197. The summed E-state index contributed by atoms with van der Waals surface area (Å²) in [5.74, 6) is 0.888. The largest absolute Gasteiger partial charge is 0.350 e. The smallest absolute Gasteiger partial charge is 0.131 e. The van der Waals surface area contributed by atoms with Crippen LogP contribution in [0.15, 0.2) is 181 Å². The topological polar surface area (TPSA) is 36.4 Å². The molecule has 10 rings (SSSR count). The number of hydrogen-bond acceptors (Lipinski definition) is 3. The monoisotopic (exact) mass is 639 g/mol. The van der Waals surface area contributed by atoms with E-state index >= 15 is 0 Å². The fraction of sp³-hybridized carbons (Fsp3) is 0.0426. The zero-order chi connectivity index (χ0) is 33.0. The molecule has 50 heavy (non-hydrogen) atoms. The van der Waals surface area contributed by atoms with Gasteiger partial charge >= 0.3 is 0 Å². The van der Waals surface area contributed by atoms with Crippen LogP contribution in [0, 0.1) is 0 Å². The van der Waals surface area contributed by atoms with Gasteiger partial charge in [0.25, 0.3) is 0 Å². The van der Waals surface area contributed by atoms with Gasteiger partial charge in [-0.15, -0.1) is 0 Å². The molecule has 0 saturated heterocycles. The highest BCUT2D eigenvalue weighted by atomic mass is 15.3. The van der Waals surface area contributed by atoms with Crippen LogP contribution in [0.4, 0.5) is 0 Å². The summed E-state index contributed by atoms with van der Waals surface area (Å²) < 4.78 is 0. The zero-order valence-electron chi connectivity index (χ0n) is 27.3. The van der Waals surface area contributed by atoms with Crippen LogP contribution in [0.25, 0.3) is 66.1 Å². The van der Waals surface area contributed by atoms with Crippen LogP contribution in [0.1, 0.15) is 29.0 Å². The fourth-order valence-electron chi connectivity index (χ4n) is 8.15. The number of hydrogen-bond donors (Lipinski definition) is 2. The lowest BCUT2D eigenvalue weighted by Gasteiger charge is -2.32. The Hall–Kier alpha value is -6.29. The third-order valence-electron chi connectivity index (χ3n) is 10.3. The van der Waals surface area contributed by atoms with Crippen LogP contribution in [-0.2, 0) is 0 Å². The van der Waals surface area contributed by atoms with E-state index in [1.807, 2.05) is 0 Å². The molecule has 3 heteroatoms. The van der Waals surface area contributed by atoms with Gasteiger partial charge in [0.15, 0.2) is 0 Å². The first-order valence-electron chi connectivity index (χ1n) is 17.3. The first kappa shape index (κ1) is 28.7. The van der Waals surface area contributed by atoms with Crippen LogP contribution in [0.2, 0.25) is 0 Å². The number of aliphatic imine (C=N–C) groups is 1. The van der Waals surface area contributed by atoms with Gasteiger partial charge in [0.2, 0.25) is 0 Å². The van der Waals surface area contributed by atoms with Crippen LogP contribution in [-0.4, -0.2) is 5.84 Å². The lowest BCUT2D eigenvalue weighted by molar-refractivity contribution is 0.410. The summed E-state index contributed by atoms with van der Waals surface area (Å²) in [6.07, 6.45) is -0.361. The van der Waals surface area contributed by atoms with Crippen molar-refractivity contribution in [2.45, 2.75) is 12.3 Å². The maximum atomic E-state index is 5.35. The minimum absolute atomic E-state index is 0.103. The molecule has 0 saturated carbocycles. The molecule has 0 amide bonds. The highest BCUT2D eigenvalue weighted by Crippen LogP contribution is 2.58. The van der Waals surface area contributed by atoms with Gasteiger partial charge in [-0.3, -0.25) is 5.32 Å². The second kappa shape index (κ2) is 11.7. The van der Waals surface area contributed by atoms with E-state index in [4.69, 9.17) is 4.99 Å². The number of nitrogens with zero attached hydrogens (tertiary/aromatic N) is 1. The summed E-state index contributed by atoms with van der Waals surface area (Å²) in [5, 5.41) is 12.6. The molecule has 1 heterocycles. The maximum absolute atomic E-state index is 5.35. The Morgan fingerprint density at radius 3 is 1.50 bits per heavy atom. The number of fused-ring (bicyclic) bond motifs is 4. The van der Waals surface area contributed by atoms with Crippen molar-refractivity contribution in [2.24, 2.45) is 4.99 Å². The van der Waals surface area contributed by atoms with E-state index in [0.29, 0.717) is 0 Å². The molecular weight excluding hydrogens is 607 g/mol. The van der Waals surface area contributed by atoms with Crippen molar-refractivity contribution in [3.63, 3.8) is 0 Å². The van der Waals surface area contributed by atoms with Gasteiger partial charge in [-0.1, -0.05) is 176 Å². The van der Waals surface area contributed by atoms with Crippen LogP contribution in [0.3, 0.4) is 0 Å². The van der Waals surface area contributed by atoms with Crippen LogP contribution >= 0.6 is 0 Å². The number of amidine groups is 1. The van der Waals surface area contributed by atoms with E-state index in [1.54, 1.807) is 0 Å². The van der Waals surface area contributed by atoms with Gasteiger partial charge in [-0.2, -0.15) is 0 Å². The van der Waals surface area contributed by atoms with Crippen molar-refractivity contribution in [3.8, 4) is 44.5 Å². The minimum Gasteiger partial charge on any atom is -0.350 e. The number of benzene rings is 8. The molecule has 0 aromatic heterocycles. The summed E-state index contributed by atoms with van der Waals surface area (Å²) >= 11 is 0. The predicted octanol–water partition coefficient (Wildman–Crippen LogP) is 11.3. The highest BCUT2D eigenvalue weighted by Gasteiger charge is 2.33. The molecule has 0 spiro atoms. The Kier molecular flexibility index (Phi) is 6.71. The van der Waals surface area contributed by atoms with Gasteiger partial charge in [0.05, 0.1) is 0 Å². The molecule has 2 unspecified atom stereocenters. The van der Waals surface area contributed by atoms with E-state index in [0.717, 1.165) is 11.4 Å². The molecule has 8 aromatic carbocycles. The molecule has 8 aromatic rings. The second-order valence-corrected chi connectivity index (χ2v) is 13.1. The molecule has 2 aliphatic rings. The first-order valence-corrected chi connectivity index (χ1v) is 17.3. The van der Waals surface area contributed by atoms with Gasteiger partial charge < -0.3 is 5.32 Å². The van der Waals surface area contributed by atoms with Crippen LogP contribution < -0.4 is 10.6 Å². The molecular formula is C47H33N3. The third-order valence-corrected chi connectivity index (χ3v) is 10.3. The van der Waals surface area contributed by atoms with Crippen molar-refractivity contribution < 1.29 is 0 Å². The van der Waals surface area contributed by atoms with Crippen molar-refractivity contribution in [1.82, 2.24) is 10.6 Å². The van der Waals surface area contributed by atoms with Crippen molar-refractivity contribution >= 4 is 27.4 Å². The molecule has 2 N–H and O–H groups in total. The molecule has 3 nitrogen and oxygen atoms in total. The van der Waals surface area contributed by atoms with Crippen LogP contribution in [0.5, 0.6) is 0 Å². The predicted molar refractivity (Wildman–Crippen MR) is 208 cm³/mol. The van der Waals surface area contributed by atoms with E-state index in [9.17, 15) is 0 Å². The van der Waals surface area contributed by atoms with Crippen molar-refractivity contribution in [2.75, 3.05) is 0 Å². The van der Waals surface area contributed by atoms with Gasteiger partial charge in [0.1, 0.15) is 18.2 Å². The average molecular weight is 640 g/mol. The average Bonchev–Trinajstić information content (AvgIpc) is 3.53. The van der Waals surface area contributed by atoms with Gasteiger partial charge in [0, 0.05) is 5.56 Å². The van der Waals surface area contributed by atoms with E-state index in [-0.39, 0.29) is 12.3 Å². The summed E-state index contributed by atoms with van der Waals surface area (Å²) in [5.41, 5.74) is 13.6. The summed E-state index contributed by atoms with van der Waals surface area (Å²) in [7, 11) is 0. The normalized spacial score (nSPS) is 16.2. The number of nitrogens with one attached hydrogen (secondary N) is 2. The maximum Gasteiger partial charge on any atom is 0.131 e. The van der Waals surface area contributed by atoms with Crippen molar-refractivity contribution in [1.29, 1.82) is 0 Å². The Morgan fingerprint density at radius 2 is 0.900 bits per heavy atom. The Balaban J connectivity index is 1.25. The molecule has 236 valence electrons. The lowest BCUT2D eigenvalue weighted by atomic mass is 9.82. The molecule has 1 aliphatic carbocycles. The zero-order valence-corrected chi connectivity index (χ0v) is 27.3. The third kappa shape index (κ3) is 4.52. The summed E-state index contributed by atoms with van der Waals surface area (Å²) in [6.45, 7) is 0. The van der Waals surface area contributed by atoms with E-state index < -0.39 is 0 Å².